The molecule has 0 bridgehead atoms. The zero-order chi connectivity index (χ0) is 20.2. The molecule has 4 nitrogen and oxygen atoms in total. The molecule has 3 aromatic carbocycles. The summed E-state index contributed by atoms with van der Waals surface area (Å²) in [6.45, 7) is 3.77. The van der Waals surface area contributed by atoms with Crippen LogP contribution >= 0.6 is 11.8 Å². The summed E-state index contributed by atoms with van der Waals surface area (Å²) in [5.41, 5.74) is 3.77. The van der Waals surface area contributed by atoms with Crippen LogP contribution in [0.2, 0.25) is 0 Å². The fourth-order valence-electron chi connectivity index (χ4n) is 3.17. The first-order valence-corrected chi connectivity index (χ1v) is 10.3. The van der Waals surface area contributed by atoms with Gasteiger partial charge in [-0.3, -0.25) is 4.79 Å². The van der Waals surface area contributed by atoms with Crippen LogP contribution in [-0.4, -0.2) is 21.1 Å². The van der Waals surface area contributed by atoms with Crippen molar-refractivity contribution in [3.05, 3.63) is 84.7 Å². The molecule has 0 spiro atoms. The second kappa shape index (κ2) is 8.45. The molecule has 0 saturated heterocycles. The molecule has 1 amide bonds. The van der Waals surface area contributed by atoms with Crippen molar-refractivity contribution in [2.45, 2.75) is 24.1 Å². The van der Waals surface area contributed by atoms with Gasteiger partial charge in [-0.05, 0) is 31.5 Å². The number of carbonyl (C=O) groups excluding carboxylic acids is 1. The van der Waals surface area contributed by atoms with E-state index in [1.807, 2.05) is 92.7 Å². The summed E-state index contributed by atoms with van der Waals surface area (Å²) in [4.78, 5) is 22.0. The number of carbonyl (C=O) groups is 1. The topological polar surface area (TPSA) is 54.9 Å². The zero-order valence-electron chi connectivity index (χ0n) is 16.3. The van der Waals surface area contributed by atoms with Crippen LogP contribution in [-0.2, 0) is 4.79 Å². The lowest BCUT2D eigenvalue weighted by Crippen LogP contribution is -2.23. The number of aromatic nitrogens is 2. The quantitative estimate of drug-likeness (QED) is 0.344. The second-order valence-electron chi connectivity index (χ2n) is 6.75. The second-order valence-corrected chi connectivity index (χ2v) is 8.08. The lowest BCUT2D eigenvalue weighted by molar-refractivity contribution is -0.115. The van der Waals surface area contributed by atoms with Gasteiger partial charge < -0.3 is 5.32 Å². The molecule has 4 rings (SSSR count). The van der Waals surface area contributed by atoms with E-state index in [0.29, 0.717) is 5.82 Å². The third-order valence-corrected chi connectivity index (χ3v) is 5.71. The molecule has 0 aliphatic rings. The molecular weight excluding hydrogens is 378 g/mol. The summed E-state index contributed by atoms with van der Waals surface area (Å²) in [5, 5.41) is 4.57. The third kappa shape index (κ3) is 4.30. The number of thioether (sulfide) groups is 1. The van der Waals surface area contributed by atoms with Gasteiger partial charge in [0.25, 0.3) is 0 Å². The number of hydrogen-bond donors (Lipinski definition) is 1. The Morgan fingerprint density at radius 3 is 2.41 bits per heavy atom. The van der Waals surface area contributed by atoms with Gasteiger partial charge in [0.1, 0.15) is 10.9 Å². The van der Waals surface area contributed by atoms with Crippen molar-refractivity contribution in [2.75, 3.05) is 5.32 Å². The van der Waals surface area contributed by atoms with E-state index in [4.69, 9.17) is 0 Å². The minimum absolute atomic E-state index is 0.0567. The summed E-state index contributed by atoms with van der Waals surface area (Å²) >= 11 is 1.45. The van der Waals surface area contributed by atoms with Crippen LogP contribution in [0, 0.1) is 6.92 Å². The Labute approximate surface area is 174 Å². The Morgan fingerprint density at radius 1 is 0.897 bits per heavy atom. The predicted octanol–water partition coefficient (Wildman–Crippen LogP) is 5.72. The minimum atomic E-state index is -0.309. The minimum Gasteiger partial charge on any atom is -0.325 e. The first kappa shape index (κ1) is 19.2. The number of amides is 1. The van der Waals surface area contributed by atoms with Crippen LogP contribution in [0.5, 0.6) is 0 Å². The van der Waals surface area contributed by atoms with Crippen molar-refractivity contribution < 1.29 is 4.79 Å². The Kier molecular flexibility index (Phi) is 5.58. The number of para-hydroxylation sites is 2. The molecular formula is C24H21N3OS. The summed E-state index contributed by atoms with van der Waals surface area (Å²) in [7, 11) is 0. The lowest BCUT2D eigenvalue weighted by Gasteiger charge is -2.15. The molecule has 4 aromatic rings. The van der Waals surface area contributed by atoms with E-state index in [-0.39, 0.29) is 11.2 Å². The smallest absolute Gasteiger partial charge is 0.237 e. The lowest BCUT2D eigenvalue weighted by atomic mass is 10.0. The molecule has 0 aliphatic heterocycles. The summed E-state index contributed by atoms with van der Waals surface area (Å²) in [6, 6.07) is 25.8. The molecule has 29 heavy (non-hydrogen) atoms. The molecule has 144 valence electrons. The van der Waals surface area contributed by atoms with Gasteiger partial charge in [0.2, 0.25) is 5.91 Å². The van der Waals surface area contributed by atoms with E-state index in [2.05, 4.69) is 15.3 Å². The van der Waals surface area contributed by atoms with Crippen LogP contribution < -0.4 is 5.32 Å². The van der Waals surface area contributed by atoms with Crippen LogP contribution in [0.15, 0.2) is 83.9 Å². The fourth-order valence-corrected chi connectivity index (χ4v) is 4.15. The molecule has 1 atom stereocenters. The van der Waals surface area contributed by atoms with Gasteiger partial charge in [-0.2, -0.15) is 0 Å². The fraction of sp³-hybridized carbons (Fsp3) is 0.125. The van der Waals surface area contributed by atoms with Crippen molar-refractivity contribution in [3.8, 4) is 11.1 Å². The maximum Gasteiger partial charge on any atom is 0.237 e. The van der Waals surface area contributed by atoms with Crippen molar-refractivity contribution in [1.29, 1.82) is 0 Å². The number of anilines is 1. The molecule has 0 saturated carbocycles. The first-order chi connectivity index (χ1) is 14.1. The highest BCUT2D eigenvalue weighted by Crippen LogP contribution is 2.31. The maximum atomic E-state index is 12.9. The van der Waals surface area contributed by atoms with Gasteiger partial charge in [0.05, 0.1) is 10.8 Å². The Morgan fingerprint density at radius 2 is 1.59 bits per heavy atom. The van der Waals surface area contributed by atoms with Gasteiger partial charge in [0.15, 0.2) is 0 Å². The highest BCUT2D eigenvalue weighted by Gasteiger charge is 2.19. The number of rotatable bonds is 5. The van der Waals surface area contributed by atoms with E-state index >= 15 is 0 Å². The number of benzene rings is 3. The highest BCUT2D eigenvalue weighted by atomic mass is 32.2. The van der Waals surface area contributed by atoms with Crippen LogP contribution in [0.3, 0.4) is 0 Å². The molecule has 1 heterocycles. The highest BCUT2D eigenvalue weighted by molar-refractivity contribution is 8.00. The Bertz CT molecular complexity index is 1160. The maximum absolute atomic E-state index is 12.9. The van der Waals surface area contributed by atoms with Gasteiger partial charge >= 0.3 is 0 Å². The normalized spacial score (nSPS) is 11.9. The van der Waals surface area contributed by atoms with E-state index in [0.717, 1.165) is 32.7 Å². The number of nitrogens with one attached hydrogen (secondary N) is 1. The summed E-state index contributed by atoms with van der Waals surface area (Å²) in [5.74, 6) is 0.645. The zero-order valence-corrected chi connectivity index (χ0v) is 17.1. The molecule has 0 fully saturated rings. The Hall–Kier alpha value is -3.18. The molecule has 1 N–H and O–H groups in total. The number of hydrogen-bond acceptors (Lipinski definition) is 4. The van der Waals surface area contributed by atoms with Crippen molar-refractivity contribution in [2.24, 2.45) is 0 Å². The summed E-state index contributed by atoms with van der Waals surface area (Å²) in [6.07, 6.45) is 0. The largest absolute Gasteiger partial charge is 0.325 e. The number of fused-ring (bicyclic) bond motifs is 1. The van der Waals surface area contributed by atoms with Gasteiger partial charge in [-0.1, -0.05) is 78.5 Å². The van der Waals surface area contributed by atoms with Gasteiger partial charge in [0, 0.05) is 16.6 Å². The van der Waals surface area contributed by atoms with Crippen molar-refractivity contribution in [3.63, 3.8) is 0 Å². The van der Waals surface area contributed by atoms with Crippen molar-refractivity contribution >= 4 is 34.3 Å². The van der Waals surface area contributed by atoms with Crippen molar-refractivity contribution in [1.82, 2.24) is 9.97 Å². The first-order valence-electron chi connectivity index (χ1n) is 9.47. The van der Waals surface area contributed by atoms with E-state index in [1.165, 1.54) is 11.8 Å². The third-order valence-electron chi connectivity index (χ3n) is 4.61. The van der Waals surface area contributed by atoms with E-state index in [1.54, 1.807) is 0 Å². The predicted molar refractivity (Wildman–Crippen MR) is 120 cm³/mol. The van der Waals surface area contributed by atoms with Gasteiger partial charge in [-0.15, -0.1) is 0 Å². The average molecular weight is 400 g/mol. The van der Waals surface area contributed by atoms with Gasteiger partial charge in [-0.25, -0.2) is 9.97 Å². The monoisotopic (exact) mass is 399 g/mol. The van der Waals surface area contributed by atoms with Crippen LogP contribution in [0.4, 0.5) is 5.69 Å². The molecule has 0 radical (unpaired) electrons. The molecule has 0 unspecified atom stereocenters. The molecule has 0 aliphatic carbocycles. The van der Waals surface area contributed by atoms with Crippen LogP contribution in [0.1, 0.15) is 12.7 Å². The Balaban J connectivity index is 1.56. The molecule has 1 aromatic heterocycles. The average Bonchev–Trinajstić information content (AvgIpc) is 2.74. The standard InChI is InChI=1S/C24H21N3OS/c1-16(29-24-20-13-7-9-15-22(20)25-17(2)26-24)23(28)27-21-14-8-6-12-19(21)18-10-4-3-5-11-18/h3-16H,1-2H3,(H,27,28)/t16-/m0/s1. The van der Waals surface area contributed by atoms with Crippen LogP contribution in [0.25, 0.3) is 22.0 Å². The number of aryl methyl sites for hydroxylation is 1. The summed E-state index contributed by atoms with van der Waals surface area (Å²) < 4.78 is 0. The number of nitrogens with zero attached hydrogens (tertiary/aromatic N) is 2. The molecule has 5 heteroatoms. The van der Waals surface area contributed by atoms with E-state index in [9.17, 15) is 4.79 Å². The van der Waals surface area contributed by atoms with E-state index < -0.39 is 0 Å². The SMILES string of the molecule is Cc1nc(S[C@@H](C)C(=O)Nc2ccccc2-c2ccccc2)c2ccccc2n1.